The van der Waals surface area contributed by atoms with Crippen molar-refractivity contribution in [2.24, 2.45) is 0 Å². The largest absolute Gasteiger partial charge is 0.288 e. The summed E-state index contributed by atoms with van der Waals surface area (Å²) in [5.41, 5.74) is 5.26. The third-order valence-electron chi connectivity index (χ3n) is 3.27. The third-order valence-corrected chi connectivity index (χ3v) is 3.27. The first kappa shape index (κ1) is 14.0. The Kier molecular flexibility index (Phi) is 3.71. The van der Waals surface area contributed by atoms with E-state index in [1.165, 1.54) is 5.56 Å². The van der Waals surface area contributed by atoms with Gasteiger partial charge in [0.05, 0.1) is 18.2 Å². The highest BCUT2D eigenvalue weighted by atomic mass is 16.1. The molecule has 0 saturated carbocycles. The van der Waals surface area contributed by atoms with Gasteiger partial charge in [0.15, 0.2) is 0 Å². The molecule has 1 aromatic heterocycles. The maximum atomic E-state index is 11.8. The van der Waals surface area contributed by atoms with Gasteiger partial charge in [0.2, 0.25) is 5.43 Å². The van der Waals surface area contributed by atoms with Crippen LogP contribution in [0.15, 0.2) is 23.0 Å². The van der Waals surface area contributed by atoms with Crippen molar-refractivity contribution in [1.29, 1.82) is 5.26 Å². The second-order valence-electron chi connectivity index (χ2n) is 5.09. The first-order valence-electron chi connectivity index (χ1n) is 6.49. The van der Waals surface area contributed by atoms with Crippen LogP contribution in [-0.4, -0.2) is 9.78 Å². The minimum atomic E-state index is -0.178. The second kappa shape index (κ2) is 5.30. The predicted molar refractivity (Wildman–Crippen MR) is 78.1 cm³/mol. The van der Waals surface area contributed by atoms with Crippen LogP contribution in [0.2, 0.25) is 0 Å². The summed E-state index contributed by atoms with van der Waals surface area (Å²) in [6.07, 6.45) is 0.0308. The Bertz CT molecular complexity index is 743. The quantitative estimate of drug-likeness (QED) is 0.840. The van der Waals surface area contributed by atoms with Crippen molar-refractivity contribution in [3.8, 4) is 11.8 Å². The Morgan fingerprint density at radius 1 is 1.15 bits per heavy atom. The highest BCUT2D eigenvalue weighted by Crippen LogP contribution is 2.21. The summed E-state index contributed by atoms with van der Waals surface area (Å²) in [5, 5.41) is 13.1. The van der Waals surface area contributed by atoms with Crippen molar-refractivity contribution in [3.63, 3.8) is 0 Å². The molecule has 0 fully saturated rings. The molecule has 1 aromatic carbocycles. The molecule has 0 saturated heterocycles. The summed E-state index contributed by atoms with van der Waals surface area (Å²) in [4.78, 5) is 11.8. The Morgan fingerprint density at radius 2 is 1.75 bits per heavy atom. The number of nitrogens with zero attached hydrogens (tertiary/aromatic N) is 3. The zero-order valence-corrected chi connectivity index (χ0v) is 12.2. The van der Waals surface area contributed by atoms with Crippen LogP contribution in [-0.2, 0) is 6.42 Å². The molecular formula is C16H17N3O. The van der Waals surface area contributed by atoms with Crippen molar-refractivity contribution < 1.29 is 0 Å². The number of hydrogen-bond acceptors (Lipinski definition) is 3. The molecule has 0 atom stereocenters. The zero-order valence-electron chi connectivity index (χ0n) is 12.2. The monoisotopic (exact) mass is 267 g/mol. The number of benzene rings is 1. The summed E-state index contributed by atoms with van der Waals surface area (Å²) >= 11 is 0. The van der Waals surface area contributed by atoms with Crippen molar-refractivity contribution in [2.75, 3.05) is 0 Å². The van der Waals surface area contributed by atoms with E-state index >= 15 is 0 Å². The lowest BCUT2D eigenvalue weighted by Gasteiger charge is -2.16. The van der Waals surface area contributed by atoms with E-state index in [0.717, 1.165) is 22.5 Å². The van der Waals surface area contributed by atoms with Gasteiger partial charge in [-0.15, -0.1) is 0 Å². The van der Waals surface area contributed by atoms with E-state index in [1.807, 2.05) is 26.8 Å². The molecule has 0 N–H and O–H groups in total. The predicted octanol–water partition coefficient (Wildman–Crippen LogP) is 2.53. The molecule has 4 heteroatoms. The van der Waals surface area contributed by atoms with Crippen LogP contribution >= 0.6 is 0 Å². The van der Waals surface area contributed by atoms with Gasteiger partial charge in [-0.25, -0.2) is 4.68 Å². The molecule has 4 nitrogen and oxygen atoms in total. The van der Waals surface area contributed by atoms with Crippen LogP contribution in [0.5, 0.6) is 0 Å². The van der Waals surface area contributed by atoms with Gasteiger partial charge in [-0.05, 0) is 38.8 Å². The Hall–Kier alpha value is -2.41. The van der Waals surface area contributed by atoms with E-state index in [4.69, 9.17) is 5.26 Å². The van der Waals surface area contributed by atoms with Gasteiger partial charge in [0.1, 0.15) is 5.69 Å². The van der Waals surface area contributed by atoms with Gasteiger partial charge in [0.25, 0.3) is 0 Å². The summed E-state index contributed by atoms with van der Waals surface area (Å²) in [6, 6.07) is 7.70. The average molecular weight is 267 g/mol. The molecule has 102 valence electrons. The molecular weight excluding hydrogens is 250 g/mol. The highest BCUT2D eigenvalue weighted by Gasteiger charge is 2.11. The molecule has 0 bridgehead atoms. The maximum absolute atomic E-state index is 11.8. The van der Waals surface area contributed by atoms with Crippen LogP contribution in [0.4, 0.5) is 0 Å². The summed E-state index contributed by atoms with van der Waals surface area (Å²) in [5.74, 6) is 0. The topological polar surface area (TPSA) is 58.7 Å². The van der Waals surface area contributed by atoms with E-state index in [0.29, 0.717) is 0 Å². The van der Waals surface area contributed by atoms with Crippen LogP contribution in [0.3, 0.4) is 0 Å². The van der Waals surface area contributed by atoms with E-state index in [-0.39, 0.29) is 17.5 Å². The van der Waals surface area contributed by atoms with E-state index in [1.54, 1.807) is 10.7 Å². The van der Waals surface area contributed by atoms with Crippen molar-refractivity contribution in [3.05, 3.63) is 56.5 Å². The van der Waals surface area contributed by atoms with Crippen LogP contribution in [0, 0.1) is 39.0 Å². The number of hydrogen-bond donors (Lipinski definition) is 0. The van der Waals surface area contributed by atoms with Crippen molar-refractivity contribution >= 4 is 0 Å². The van der Waals surface area contributed by atoms with Gasteiger partial charge in [-0.2, -0.15) is 10.4 Å². The standard InChI is InChI=1S/C16H17N3O/c1-10-7-11(2)16(12(3)8-10)19-13(4)9-15(20)14(18-19)5-6-17/h7-9H,5H2,1-4H3. The lowest BCUT2D eigenvalue weighted by Crippen LogP contribution is -2.19. The summed E-state index contributed by atoms with van der Waals surface area (Å²) in [7, 11) is 0. The van der Waals surface area contributed by atoms with E-state index in [9.17, 15) is 4.79 Å². The SMILES string of the molecule is Cc1cc(C)c(-n2nc(CC#N)c(=O)cc2C)c(C)c1. The minimum absolute atomic E-state index is 0.0308. The molecule has 20 heavy (non-hydrogen) atoms. The lowest BCUT2D eigenvalue weighted by molar-refractivity contribution is 0.758. The second-order valence-corrected chi connectivity index (χ2v) is 5.09. The molecule has 2 aromatic rings. The number of rotatable bonds is 2. The van der Waals surface area contributed by atoms with Gasteiger partial charge < -0.3 is 0 Å². The third kappa shape index (κ3) is 2.48. The van der Waals surface area contributed by atoms with Gasteiger partial charge in [0, 0.05) is 11.8 Å². The molecule has 1 heterocycles. The molecule has 0 aliphatic rings. The molecule has 0 unspecified atom stereocenters. The fraction of sp³-hybridized carbons (Fsp3) is 0.312. The molecule has 0 aliphatic carbocycles. The number of aromatic nitrogens is 2. The summed E-state index contributed by atoms with van der Waals surface area (Å²) < 4.78 is 1.76. The molecule has 2 rings (SSSR count). The average Bonchev–Trinajstić information content (AvgIpc) is 2.33. The van der Waals surface area contributed by atoms with Gasteiger partial charge >= 0.3 is 0 Å². The van der Waals surface area contributed by atoms with Crippen LogP contribution in [0.1, 0.15) is 28.1 Å². The maximum Gasteiger partial charge on any atom is 0.204 e. The lowest BCUT2D eigenvalue weighted by atomic mass is 10.0. The molecule has 0 amide bonds. The number of nitriles is 1. The molecule has 0 spiro atoms. The van der Waals surface area contributed by atoms with Crippen LogP contribution in [0.25, 0.3) is 5.69 Å². The minimum Gasteiger partial charge on any atom is -0.288 e. The molecule has 0 radical (unpaired) electrons. The van der Waals surface area contributed by atoms with Crippen molar-refractivity contribution in [1.82, 2.24) is 9.78 Å². The fourth-order valence-corrected chi connectivity index (χ4v) is 2.51. The summed E-state index contributed by atoms with van der Waals surface area (Å²) in [6.45, 7) is 7.96. The Morgan fingerprint density at radius 3 is 2.30 bits per heavy atom. The Balaban J connectivity index is 2.74. The zero-order chi connectivity index (χ0) is 14.9. The van der Waals surface area contributed by atoms with Gasteiger partial charge in [-0.3, -0.25) is 4.79 Å². The highest BCUT2D eigenvalue weighted by molar-refractivity contribution is 5.49. The smallest absolute Gasteiger partial charge is 0.204 e. The molecule has 0 aliphatic heterocycles. The van der Waals surface area contributed by atoms with Gasteiger partial charge in [-0.1, -0.05) is 17.7 Å². The number of aryl methyl sites for hydroxylation is 4. The first-order valence-corrected chi connectivity index (χ1v) is 6.49. The van der Waals surface area contributed by atoms with Crippen LogP contribution < -0.4 is 5.43 Å². The van der Waals surface area contributed by atoms with E-state index < -0.39 is 0 Å². The first-order chi connectivity index (χ1) is 9.43. The Labute approximate surface area is 118 Å². The normalized spacial score (nSPS) is 10.3. The fourth-order valence-electron chi connectivity index (χ4n) is 2.51. The van der Waals surface area contributed by atoms with Crippen molar-refractivity contribution in [2.45, 2.75) is 34.1 Å². The van der Waals surface area contributed by atoms with E-state index in [2.05, 4.69) is 24.2 Å².